The molecule has 2 N–H and O–H groups in total. The van der Waals surface area contributed by atoms with Crippen molar-refractivity contribution in [2.24, 2.45) is 29.4 Å². The van der Waals surface area contributed by atoms with Gasteiger partial charge >= 0.3 is 0 Å². The topological polar surface area (TPSA) is 29.3 Å². The van der Waals surface area contributed by atoms with E-state index >= 15 is 0 Å². The first-order valence-electron chi connectivity index (χ1n) is 8.43. The molecule has 0 amide bonds. The van der Waals surface area contributed by atoms with Gasteiger partial charge in [0.15, 0.2) is 0 Å². The van der Waals surface area contributed by atoms with Gasteiger partial charge in [0.05, 0.1) is 0 Å². The summed E-state index contributed by atoms with van der Waals surface area (Å²) in [6, 6.07) is 0. The van der Waals surface area contributed by atoms with Gasteiger partial charge in [-0.25, -0.2) is 0 Å². The number of rotatable bonds is 4. The molecule has 0 bridgehead atoms. The predicted octanol–water partition coefficient (Wildman–Crippen LogP) is 3.51. The van der Waals surface area contributed by atoms with Crippen LogP contribution in [0.3, 0.4) is 0 Å². The van der Waals surface area contributed by atoms with Crippen LogP contribution in [0, 0.1) is 23.7 Å². The van der Waals surface area contributed by atoms with Gasteiger partial charge < -0.3 is 5.73 Å². The van der Waals surface area contributed by atoms with Crippen molar-refractivity contribution in [3.63, 3.8) is 0 Å². The largest absolute Gasteiger partial charge is 0.329 e. The third-order valence-electron chi connectivity index (χ3n) is 6.12. The van der Waals surface area contributed by atoms with Crippen LogP contribution in [0.15, 0.2) is 0 Å². The number of nitrogens with two attached hydrogens (primary N) is 1. The van der Waals surface area contributed by atoms with E-state index in [1.165, 1.54) is 45.2 Å². The molecule has 2 fully saturated rings. The van der Waals surface area contributed by atoms with Crippen LogP contribution in [0.4, 0.5) is 0 Å². The molecule has 1 atom stereocenters. The van der Waals surface area contributed by atoms with E-state index in [2.05, 4.69) is 32.6 Å². The lowest BCUT2D eigenvalue weighted by molar-refractivity contribution is 0.0492. The molecule has 0 aromatic rings. The van der Waals surface area contributed by atoms with E-state index < -0.39 is 0 Å². The average molecular weight is 266 g/mol. The fourth-order valence-electron chi connectivity index (χ4n) is 4.26. The number of hydrogen-bond donors (Lipinski definition) is 1. The fourth-order valence-corrected chi connectivity index (χ4v) is 4.26. The molecule has 0 aromatic heterocycles. The molecule has 2 aliphatic rings. The second kappa shape index (κ2) is 6.13. The second-order valence-corrected chi connectivity index (χ2v) is 7.75. The molecule has 2 heteroatoms. The van der Waals surface area contributed by atoms with E-state index in [9.17, 15) is 0 Å². The lowest BCUT2D eigenvalue weighted by Gasteiger charge is -2.47. The molecule has 2 rings (SSSR count). The van der Waals surface area contributed by atoms with E-state index in [0.717, 1.165) is 30.2 Å². The number of nitrogens with zero attached hydrogens (tertiary/aromatic N) is 1. The van der Waals surface area contributed by atoms with Crippen molar-refractivity contribution < 1.29 is 0 Å². The van der Waals surface area contributed by atoms with Gasteiger partial charge in [-0.3, -0.25) is 4.90 Å². The molecule has 0 spiro atoms. The van der Waals surface area contributed by atoms with Crippen LogP contribution in [-0.4, -0.2) is 30.1 Å². The Kier molecular flexibility index (Phi) is 4.94. The lowest BCUT2D eigenvalue weighted by Crippen LogP contribution is -2.55. The van der Waals surface area contributed by atoms with Crippen molar-refractivity contribution in [3.05, 3.63) is 0 Å². The summed E-state index contributed by atoms with van der Waals surface area (Å²) in [5.74, 6) is 3.50. The van der Waals surface area contributed by atoms with Gasteiger partial charge in [-0.1, -0.05) is 27.7 Å². The Morgan fingerprint density at radius 2 is 1.58 bits per heavy atom. The minimum Gasteiger partial charge on any atom is -0.329 e. The predicted molar refractivity (Wildman–Crippen MR) is 83.1 cm³/mol. The Balaban J connectivity index is 1.97. The first-order chi connectivity index (χ1) is 8.98. The molecular weight excluding hydrogens is 232 g/mol. The first kappa shape index (κ1) is 15.3. The maximum Gasteiger partial charge on any atom is 0.0332 e. The van der Waals surface area contributed by atoms with Gasteiger partial charge in [0.2, 0.25) is 0 Å². The third kappa shape index (κ3) is 3.16. The van der Waals surface area contributed by atoms with Crippen LogP contribution in [0.5, 0.6) is 0 Å². The van der Waals surface area contributed by atoms with Crippen molar-refractivity contribution in [1.82, 2.24) is 4.90 Å². The SMILES string of the molecule is CC(C)C1CCC(CN)(N2CCC(C(C)C)C2)CC1. The second-order valence-electron chi connectivity index (χ2n) is 7.75. The standard InChI is InChI=1S/C17H34N2/c1-13(2)15-5-8-17(12-18,9-6-15)19-10-7-16(11-19)14(3)4/h13-16H,5-12,18H2,1-4H3. The molecule has 1 aliphatic heterocycles. The third-order valence-corrected chi connectivity index (χ3v) is 6.12. The molecule has 112 valence electrons. The van der Waals surface area contributed by atoms with Crippen LogP contribution < -0.4 is 5.73 Å². The molecule has 1 unspecified atom stereocenters. The highest BCUT2D eigenvalue weighted by Gasteiger charge is 2.42. The Labute approximate surface area is 120 Å². The van der Waals surface area contributed by atoms with Gasteiger partial charge in [0, 0.05) is 18.6 Å². The van der Waals surface area contributed by atoms with Crippen molar-refractivity contribution in [2.75, 3.05) is 19.6 Å². The highest BCUT2D eigenvalue weighted by Crippen LogP contribution is 2.41. The minimum atomic E-state index is 0.342. The molecule has 1 heterocycles. The van der Waals surface area contributed by atoms with E-state index in [0.29, 0.717) is 5.54 Å². The monoisotopic (exact) mass is 266 g/mol. The van der Waals surface area contributed by atoms with Crippen LogP contribution in [0.2, 0.25) is 0 Å². The van der Waals surface area contributed by atoms with Crippen LogP contribution in [-0.2, 0) is 0 Å². The Morgan fingerprint density at radius 3 is 2.00 bits per heavy atom. The zero-order chi connectivity index (χ0) is 14.0. The molecule has 19 heavy (non-hydrogen) atoms. The molecule has 0 aromatic carbocycles. The molecule has 1 saturated heterocycles. The van der Waals surface area contributed by atoms with Crippen molar-refractivity contribution in [2.45, 2.75) is 65.3 Å². The summed E-state index contributed by atoms with van der Waals surface area (Å²) < 4.78 is 0. The van der Waals surface area contributed by atoms with E-state index in [4.69, 9.17) is 5.73 Å². The van der Waals surface area contributed by atoms with E-state index in [1.54, 1.807) is 0 Å². The van der Waals surface area contributed by atoms with Crippen LogP contribution >= 0.6 is 0 Å². The van der Waals surface area contributed by atoms with Crippen molar-refractivity contribution in [1.29, 1.82) is 0 Å². The highest BCUT2D eigenvalue weighted by atomic mass is 15.2. The summed E-state index contributed by atoms with van der Waals surface area (Å²) in [5, 5.41) is 0. The van der Waals surface area contributed by atoms with Gasteiger partial charge in [-0.05, 0) is 62.3 Å². The number of likely N-dealkylation sites (tertiary alicyclic amines) is 1. The molecular formula is C17H34N2. The maximum absolute atomic E-state index is 6.22. The summed E-state index contributed by atoms with van der Waals surface area (Å²) in [6.07, 6.45) is 6.82. The van der Waals surface area contributed by atoms with Crippen molar-refractivity contribution >= 4 is 0 Å². The van der Waals surface area contributed by atoms with Crippen LogP contribution in [0.1, 0.15) is 59.8 Å². The quantitative estimate of drug-likeness (QED) is 0.844. The zero-order valence-corrected chi connectivity index (χ0v) is 13.5. The summed E-state index contributed by atoms with van der Waals surface area (Å²) >= 11 is 0. The van der Waals surface area contributed by atoms with Crippen LogP contribution in [0.25, 0.3) is 0 Å². The minimum absolute atomic E-state index is 0.342. The maximum atomic E-state index is 6.22. The van der Waals surface area contributed by atoms with E-state index in [-0.39, 0.29) is 0 Å². The summed E-state index contributed by atoms with van der Waals surface area (Å²) in [5.41, 5.74) is 6.56. The van der Waals surface area contributed by atoms with Gasteiger partial charge in [0.25, 0.3) is 0 Å². The summed E-state index contributed by atoms with van der Waals surface area (Å²) in [6.45, 7) is 12.9. The Bertz CT molecular complexity index is 277. The molecule has 1 aliphatic carbocycles. The van der Waals surface area contributed by atoms with Gasteiger partial charge in [0.1, 0.15) is 0 Å². The summed E-state index contributed by atoms with van der Waals surface area (Å²) in [7, 11) is 0. The molecule has 0 radical (unpaired) electrons. The lowest BCUT2D eigenvalue weighted by atomic mass is 9.72. The summed E-state index contributed by atoms with van der Waals surface area (Å²) in [4.78, 5) is 2.76. The smallest absolute Gasteiger partial charge is 0.0332 e. The fraction of sp³-hybridized carbons (Fsp3) is 1.00. The zero-order valence-electron chi connectivity index (χ0n) is 13.5. The van der Waals surface area contributed by atoms with Crippen molar-refractivity contribution in [3.8, 4) is 0 Å². The Hall–Kier alpha value is -0.0800. The molecule has 1 saturated carbocycles. The first-order valence-corrected chi connectivity index (χ1v) is 8.43. The number of hydrogen-bond acceptors (Lipinski definition) is 2. The molecule has 2 nitrogen and oxygen atoms in total. The van der Waals surface area contributed by atoms with Gasteiger partial charge in [-0.2, -0.15) is 0 Å². The van der Waals surface area contributed by atoms with E-state index in [1.807, 2.05) is 0 Å². The average Bonchev–Trinajstić information content (AvgIpc) is 2.89. The Morgan fingerprint density at radius 1 is 1.00 bits per heavy atom. The normalized spacial score (nSPS) is 37.4. The van der Waals surface area contributed by atoms with Gasteiger partial charge in [-0.15, -0.1) is 0 Å². The highest BCUT2D eigenvalue weighted by molar-refractivity contribution is 4.99.